The maximum Gasteiger partial charge on any atom is 0.295 e. The number of imidazole rings is 1. The van der Waals surface area contributed by atoms with Crippen molar-refractivity contribution in [1.82, 2.24) is 14.5 Å². The average Bonchev–Trinajstić information content (AvgIpc) is 3.51. The quantitative estimate of drug-likeness (QED) is 0.237. The summed E-state index contributed by atoms with van der Waals surface area (Å²) >= 11 is 6.34. The minimum absolute atomic E-state index is 0.0277. The van der Waals surface area contributed by atoms with Gasteiger partial charge in [-0.3, -0.25) is 9.59 Å². The molecule has 0 radical (unpaired) electrons. The molecule has 0 spiro atoms. The van der Waals surface area contributed by atoms with Crippen molar-refractivity contribution in [1.29, 1.82) is 0 Å². The van der Waals surface area contributed by atoms with E-state index in [1.807, 2.05) is 17.7 Å². The highest BCUT2D eigenvalue weighted by Crippen LogP contribution is 2.42. The Balaban J connectivity index is 1.78. The second-order valence-corrected chi connectivity index (χ2v) is 8.75. The molecule has 2 heterocycles. The highest BCUT2D eigenvalue weighted by atomic mass is 35.5. The molecule has 10 heteroatoms. The number of aromatic nitrogens is 2. The number of aliphatic hydroxyl groups excluding tert-OH is 1. The lowest BCUT2D eigenvalue weighted by atomic mass is 9.95. The van der Waals surface area contributed by atoms with Crippen LogP contribution in [0.25, 0.3) is 5.76 Å². The van der Waals surface area contributed by atoms with Gasteiger partial charge in [-0.15, -0.1) is 0 Å². The molecule has 0 bridgehead atoms. The minimum Gasteiger partial charge on any atom is -0.507 e. The van der Waals surface area contributed by atoms with Crippen molar-refractivity contribution in [3.05, 3.63) is 76.8 Å². The zero-order valence-corrected chi connectivity index (χ0v) is 21.6. The first kappa shape index (κ1) is 26.1. The molecule has 0 saturated carbocycles. The highest BCUT2D eigenvalue weighted by Gasteiger charge is 2.46. The first-order valence-electron chi connectivity index (χ1n) is 11.8. The summed E-state index contributed by atoms with van der Waals surface area (Å²) in [4.78, 5) is 32.0. The van der Waals surface area contributed by atoms with Crippen molar-refractivity contribution >= 4 is 29.1 Å². The van der Waals surface area contributed by atoms with Crippen LogP contribution < -0.4 is 14.2 Å². The summed E-state index contributed by atoms with van der Waals surface area (Å²) in [5, 5.41) is 11.6. The van der Waals surface area contributed by atoms with Gasteiger partial charge in [0.25, 0.3) is 11.7 Å². The van der Waals surface area contributed by atoms with Crippen LogP contribution in [0.2, 0.25) is 5.02 Å². The second-order valence-electron chi connectivity index (χ2n) is 8.34. The lowest BCUT2D eigenvalue weighted by molar-refractivity contribution is -0.139. The van der Waals surface area contributed by atoms with E-state index in [9.17, 15) is 14.7 Å². The summed E-state index contributed by atoms with van der Waals surface area (Å²) in [5.41, 5.74) is 0.869. The first-order chi connectivity index (χ1) is 17.9. The molecule has 3 aromatic rings. The molecule has 1 atom stereocenters. The molecule has 1 fully saturated rings. The summed E-state index contributed by atoms with van der Waals surface area (Å²) in [6, 6.07) is 9.05. The smallest absolute Gasteiger partial charge is 0.295 e. The Morgan fingerprint density at radius 2 is 1.81 bits per heavy atom. The van der Waals surface area contributed by atoms with E-state index in [1.165, 1.54) is 25.2 Å². The number of ketones is 1. The molecule has 37 heavy (non-hydrogen) atoms. The monoisotopic (exact) mass is 525 g/mol. The lowest BCUT2D eigenvalue weighted by Gasteiger charge is -2.26. The third-order valence-corrected chi connectivity index (χ3v) is 6.44. The van der Waals surface area contributed by atoms with E-state index >= 15 is 0 Å². The number of rotatable bonds is 10. The van der Waals surface area contributed by atoms with E-state index in [0.29, 0.717) is 47.9 Å². The SMILES string of the molecule is CCOc1ccc(C(O)=C2C(=O)C(=O)N(CCCn3ccnc3)[C@H]2c2ccc(OC)c(OC)c2)cc1Cl. The van der Waals surface area contributed by atoms with E-state index in [0.717, 1.165) is 0 Å². The molecule has 1 N–H and O–H groups in total. The van der Waals surface area contributed by atoms with Crippen LogP contribution >= 0.6 is 11.6 Å². The number of halogens is 1. The highest BCUT2D eigenvalue weighted by molar-refractivity contribution is 6.46. The van der Waals surface area contributed by atoms with Crippen molar-refractivity contribution in [2.45, 2.75) is 25.9 Å². The Morgan fingerprint density at radius 1 is 1.05 bits per heavy atom. The topological polar surface area (TPSA) is 103 Å². The fourth-order valence-corrected chi connectivity index (χ4v) is 4.63. The Labute approximate surface area is 219 Å². The van der Waals surface area contributed by atoms with Crippen LogP contribution in [0.5, 0.6) is 17.2 Å². The molecule has 2 aromatic carbocycles. The number of carbonyl (C=O) groups is 2. The molecular weight excluding hydrogens is 498 g/mol. The molecule has 1 aliphatic rings. The summed E-state index contributed by atoms with van der Waals surface area (Å²) in [5.74, 6) is -0.388. The number of hydrogen-bond acceptors (Lipinski definition) is 7. The Kier molecular flexibility index (Phi) is 8.03. The number of likely N-dealkylation sites (tertiary alicyclic amines) is 1. The molecular formula is C27H28ClN3O6. The number of Topliss-reactive ketones (excluding diaryl/α,β-unsaturated/α-hetero) is 1. The molecule has 1 amide bonds. The van der Waals surface area contributed by atoms with Crippen molar-refractivity contribution in [2.75, 3.05) is 27.4 Å². The van der Waals surface area contributed by atoms with Crippen LogP contribution in [0.15, 0.2) is 60.7 Å². The number of ether oxygens (including phenoxy) is 3. The van der Waals surface area contributed by atoms with E-state index in [2.05, 4.69) is 4.98 Å². The average molecular weight is 526 g/mol. The maximum atomic E-state index is 13.3. The molecule has 1 aromatic heterocycles. The van der Waals surface area contributed by atoms with E-state index in [1.54, 1.807) is 42.9 Å². The second kappa shape index (κ2) is 11.4. The molecule has 1 saturated heterocycles. The fraction of sp³-hybridized carbons (Fsp3) is 0.296. The summed E-state index contributed by atoms with van der Waals surface area (Å²) in [6.45, 7) is 3.15. The summed E-state index contributed by atoms with van der Waals surface area (Å²) < 4.78 is 18.2. The van der Waals surface area contributed by atoms with Gasteiger partial charge < -0.3 is 28.8 Å². The Morgan fingerprint density at radius 3 is 2.46 bits per heavy atom. The van der Waals surface area contributed by atoms with Gasteiger partial charge in [-0.2, -0.15) is 0 Å². The number of methoxy groups -OCH3 is 2. The van der Waals surface area contributed by atoms with Crippen LogP contribution in [-0.4, -0.2) is 58.6 Å². The summed E-state index contributed by atoms with van der Waals surface area (Å²) in [6.07, 6.45) is 5.77. The molecule has 1 aliphatic heterocycles. The standard InChI is InChI=1S/C27H28ClN3O6/c1-4-37-20-8-7-18(14-19(20)28)25(32)23-24(17-6-9-21(35-2)22(15-17)36-3)31(27(34)26(23)33)12-5-11-30-13-10-29-16-30/h6-10,13-16,24,32H,4-5,11-12H2,1-3H3/t24-/m0/s1. The molecule has 194 valence electrons. The molecule has 0 unspecified atom stereocenters. The third kappa shape index (κ3) is 5.27. The number of amides is 1. The number of nitrogens with zero attached hydrogens (tertiary/aromatic N) is 3. The lowest BCUT2D eigenvalue weighted by Crippen LogP contribution is -2.31. The van der Waals surface area contributed by atoms with Crippen molar-refractivity contribution in [3.8, 4) is 17.2 Å². The maximum absolute atomic E-state index is 13.3. The normalized spacial score (nSPS) is 16.8. The first-order valence-corrected chi connectivity index (χ1v) is 12.2. The van der Waals surface area contributed by atoms with Gasteiger partial charge >= 0.3 is 0 Å². The number of aryl methyl sites for hydroxylation is 1. The Hall–Kier alpha value is -3.98. The number of carbonyl (C=O) groups excluding carboxylic acids is 2. The molecule has 9 nitrogen and oxygen atoms in total. The number of aliphatic hydroxyl groups is 1. The van der Waals surface area contributed by atoms with Gasteiger partial charge in [0.15, 0.2) is 11.5 Å². The van der Waals surface area contributed by atoms with Gasteiger partial charge in [-0.05, 0) is 49.2 Å². The predicted molar refractivity (Wildman–Crippen MR) is 138 cm³/mol. The zero-order chi connectivity index (χ0) is 26.5. The van der Waals surface area contributed by atoms with Crippen LogP contribution in [0.3, 0.4) is 0 Å². The fourth-order valence-electron chi connectivity index (χ4n) is 4.40. The van der Waals surface area contributed by atoms with Crippen LogP contribution in [-0.2, 0) is 16.1 Å². The third-order valence-electron chi connectivity index (χ3n) is 6.14. The van der Waals surface area contributed by atoms with Gasteiger partial charge in [0.05, 0.1) is 43.8 Å². The van der Waals surface area contributed by atoms with Crippen molar-refractivity contribution < 1.29 is 28.9 Å². The zero-order valence-electron chi connectivity index (χ0n) is 20.8. The van der Waals surface area contributed by atoms with Crippen LogP contribution in [0.1, 0.15) is 30.5 Å². The van der Waals surface area contributed by atoms with Crippen LogP contribution in [0.4, 0.5) is 0 Å². The van der Waals surface area contributed by atoms with Gasteiger partial charge in [0.1, 0.15) is 11.5 Å². The number of benzene rings is 2. The van der Waals surface area contributed by atoms with Gasteiger partial charge in [-0.1, -0.05) is 17.7 Å². The van der Waals surface area contributed by atoms with E-state index in [-0.39, 0.29) is 22.9 Å². The summed E-state index contributed by atoms with van der Waals surface area (Å²) in [7, 11) is 3.03. The van der Waals surface area contributed by atoms with Gasteiger partial charge in [0, 0.05) is 31.0 Å². The Bertz CT molecular complexity index is 1320. The predicted octanol–water partition coefficient (Wildman–Crippen LogP) is 4.46. The van der Waals surface area contributed by atoms with Gasteiger partial charge in [0.2, 0.25) is 0 Å². The van der Waals surface area contributed by atoms with E-state index in [4.69, 9.17) is 25.8 Å². The van der Waals surface area contributed by atoms with E-state index < -0.39 is 17.7 Å². The van der Waals surface area contributed by atoms with Crippen molar-refractivity contribution in [3.63, 3.8) is 0 Å². The van der Waals surface area contributed by atoms with Gasteiger partial charge in [-0.25, -0.2) is 4.98 Å². The molecule has 4 rings (SSSR count). The van der Waals surface area contributed by atoms with Crippen LogP contribution in [0, 0.1) is 0 Å². The largest absolute Gasteiger partial charge is 0.507 e. The molecule has 0 aliphatic carbocycles. The number of hydrogen-bond donors (Lipinski definition) is 1. The van der Waals surface area contributed by atoms with Crippen molar-refractivity contribution in [2.24, 2.45) is 0 Å². The minimum atomic E-state index is -0.840.